The van der Waals surface area contributed by atoms with Crippen LogP contribution in [-0.4, -0.2) is 34.6 Å². The zero-order valence-electron chi connectivity index (χ0n) is 22.2. The second-order valence-electron chi connectivity index (χ2n) is 15.5. The molecule has 0 aromatic rings. The highest BCUT2D eigenvalue weighted by Crippen LogP contribution is 2.79. The Hall–Kier alpha value is -0.380. The van der Waals surface area contributed by atoms with Gasteiger partial charge in [-0.25, -0.2) is 0 Å². The molecule has 0 radical (unpaired) electrons. The third-order valence-corrected chi connectivity index (χ3v) is 13.6. The summed E-state index contributed by atoms with van der Waals surface area (Å²) in [4.78, 5) is 0. The predicted molar refractivity (Wildman–Crippen MR) is 132 cm³/mol. The van der Waals surface area contributed by atoms with Crippen LogP contribution in [0.1, 0.15) is 99.8 Å². The maximum absolute atomic E-state index is 11.8. The number of hydrogen-bond donors (Lipinski definition) is 2. The van der Waals surface area contributed by atoms with E-state index < -0.39 is 0 Å². The molecule has 6 rings (SSSR count). The van der Waals surface area contributed by atoms with Crippen LogP contribution in [0.2, 0.25) is 0 Å². The first-order valence-corrected chi connectivity index (χ1v) is 13.9. The predicted octanol–water partition coefficient (Wildman–Crippen LogP) is 6.13. The van der Waals surface area contributed by atoms with Crippen molar-refractivity contribution < 1.29 is 14.9 Å². The van der Waals surface area contributed by atoms with Crippen molar-refractivity contribution in [1.29, 1.82) is 0 Å². The number of rotatable bonds is 0. The molecule has 1 heterocycles. The molecule has 33 heavy (non-hydrogen) atoms. The minimum absolute atomic E-state index is 0.0449. The summed E-state index contributed by atoms with van der Waals surface area (Å²) in [5.41, 5.74) is 0.154. The molecule has 3 nitrogen and oxygen atoms in total. The van der Waals surface area contributed by atoms with Gasteiger partial charge in [-0.2, -0.15) is 0 Å². The summed E-state index contributed by atoms with van der Waals surface area (Å²) in [6.45, 7) is 17.8. The zero-order chi connectivity index (χ0) is 23.9. The summed E-state index contributed by atoms with van der Waals surface area (Å²) in [5.74, 6) is 1.40. The van der Waals surface area contributed by atoms with Crippen LogP contribution < -0.4 is 0 Å². The van der Waals surface area contributed by atoms with E-state index in [2.05, 4.69) is 60.6 Å². The standard InChI is InChI=1S/C30H48O3/c1-24(2)14-15-29-18-33-30(21(29)16-24)13-9-20-26(5)11-10-22(31)25(3,4)19(26)8-12-27(20,6)28(30,7)17-23(29)32/h9,13,19-23,31-32H,8,10-12,14-18H2,1-7H3/t19?,20?,21?,22?,23?,26?,27?,28-,29?,30?/m0/s1. The third-order valence-electron chi connectivity index (χ3n) is 13.6. The fraction of sp³-hybridized carbons (Fsp3) is 0.933. The van der Waals surface area contributed by atoms with E-state index in [1.807, 2.05) is 0 Å². The van der Waals surface area contributed by atoms with Crippen LogP contribution in [0.5, 0.6) is 0 Å². The number of hydrogen-bond acceptors (Lipinski definition) is 3. The van der Waals surface area contributed by atoms with E-state index in [0.29, 0.717) is 23.2 Å². The maximum Gasteiger partial charge on any atom is 0.0957 e. The molecule has 4 saturated carbocycles. The van der Waals surface area contributed by atoms with Crippen molar-refractivity contribution in [2.45, 2.75) is 118 Å². The fourth-order valence-corrected chi connectivity index (χ4v) is 11.3. The largest absolute Gasteiger partial charge is 0.393 e. The van der Waals surface area contributed by atoms with E-state index in [-0.39, 0.29) is 44.9 Å². The SMILES string of the molecule is CC1(C)CCC23COC4(C=CC5C6(C)CCC(O)C(C)(C)C6CCC5(C)[C@]4(C)CC2O)C3C1. The molecule has 1 saturated heterocycles. The highest BCUT2D eigenvalue weighted by Gasteiger charge is 2.78. The number of ether oxygens (including phenoxy) is 1. The van der Waals surface area contributed by atoms with Gasteiger partial charge in [0.1, 0.15) is 0 Å². The molecule has 6 aliphatic rings. The van der Waals surface area contributed by atoms with Gasteiger partial charge >= 0.3 is 0 Å². The third kappa shape index (κ3) is 2.40. The first kappa shape index (κ1) is 23.0. The van der Waals surface area contributed by atoms with Gasteiger partial charge in [0, 0.05) is 16.7 Å². The van der Waals surface area contributed by atoms with Crippen LogP contribution in [0.15, 0.2) is 12.2 Å². The van der Waals surface area contributed by atoms with E-state index >= 15 is 0 Å². The smallest absolute Gasteiger partial charge is 0.0957 e. The molecule has 5 aliphatic carbocycles. The quantitative estimate of drug-likeness (QED) is 0.431. The minimum Gasteiger partial charge on any atom is -0.393 e. The molecular weight excluding hydrogens is 408 g/mol. The molecular formula is C30H48O3. The first-order chi connectivity index (χ1) is 15.2. The van der Waals surface area contributed by atoms with E-state index in [1.165, 1.54) is 12.8 Å². The lowest BCUT2D eigenvalue weighted by molar-refractivity contribution is -0.256. The molecule has 2 N–H and O–H groups in total. The Morgan fingerprint density at radius 1 is 0.788 bits per heavy atom. The average Bonchev–Trinajstić information content (AvgIpc) is 2.99. The lowest BCUT2D eigenvalue weighted by atomic mass is 9.32. The lowest BCUT2D eigenvalue weighted by Gasteiger charge is -2.73. The van der Waals surface area contributed by atoms with Gasteiger partial charge in [-0.15, -0.1) is 0 Å². The zero-order valence-corrected chi connectivity index (χ0v) is 22.2. The molecule has 3 heteroatoms. The van der Waals surface area contributed by atoms with Gasteiger partial charge in [0.05, 0.1) is 24.4 Å². The molecule has 2 bridgehead atoms. The molecule has 10 atom stereocenters. The Bertz CT molecular complexity index is 891. The molecule has 5 fully saturated rings. The molecule has 0 amide bonds. The van der Waals surface area contributed by atoms with Crippen LogP contribution in [0.3, 0.4) is 0 Å². The molecule has 186 valence electrons. The number of aliphatic hydroxyl groups excluding tert-OH is 2. The van der Waals surface area contributed by atoms with Crippen molar-refractivity contribution >= 4 is 0 Å². The van der Waals surface area contributed by atoms with E-state index in [1.54, 1.807) is 0 Å². The number of allylic oxidation sites excluding steroid dienone is 1. The fourth-order valence-electron chi connectivity index (χ4n) is 11.3. The summed E-state index contributed by atoms with van der Waals surface area (Å²) in [7, 11) is 0. The summed E-state index contributed by atoms with van der Waals surface area (Å²) < 4.78 is 7.03. The first-order valence-electron chi connectivity index (χ1n) is 13.9. The van der Waals surface area contributed by atoms with Gasteiger partial charge in [-0.05, 0) is 84.9 Å². The summed E-state index contributed by atoms with van der Waals surface area (Å²) >= 11 is 0. The van der Waals surface area contributed by atoms with Gasteiger partial charge in [-0.1, -0.05) is 60.6 Å². The minimum atomic E-state index is -0.265. The van der Waals surface area contributed by atoms with Crippen molar-refractivity contribution in [3.63, 3.8) is 0 Å². The van der Waals surface area contributed by atoms with Crippen LogP contribution in [0.25, 0.3) is 0 Å². The average molecular weight is 457 g/mol. The van der Waals surface area contributed by atoms with Crippen molar-refractivity contribution in [3.8, 4) is 0 Å². The second kappa shape index (κ2) is 6.30. The van der Waals surface area contributed by atoms with Crippen LogP contribution in [0.4, 0.5) is 0 Å². The highest BCUT2D eigenvalue weighted by atomic mass is 16.5. The molecule has 9 unspecified atom stereocenters. The Balaban J connectivity index is 1.50. The van der Waals surface area contributed by atoms with E-state index in [4.69, 9.17) is 4.74 Å². The molecule has 0 aromatic heterocycles. The van der Waals surface area contributed by atoms with Crippen LogP contribution >= 0.6 is 0 Å². The topological polar surface area (TPSA) is 49.7 Å². The van der Waals surface area contributed by atoms with Crippen LogP contribution in [0, 0.1) is 50.2 Å². The number of fused-ring (bicyclic) bond motifs is 4. The normalized spacial score (nSPS) is 60.3. The summed E-state index contributed by atoms with van der Waals surface area (Å²) in [6, 6.07) is 0. The van der Waals surface area contributed by atoms with Gasteiger partial charge in [0.15, 0.2) is 0 Å². The maximum atomic E-state index is 11.8. The Morgan fingerprint density at radius 2 is 1.52 bits per heavy atom. The Morgan fingerprint density at radius 3 is 2.24 bits per heavy atom. The van der Waals surface area contributed by atoms with Gasteiger partial charge in [-0.3, -0.25) is 0 Å². The Kier molecular flexibility index (Phi) is 4.40. The number of aliphatic hydroxyl groups is 2. The van der Waals surface area contributed by atoms with Gasteiger partial charge in [0.2, 0.25) is 0 Å². The second-order valence-corrected chi connectivity index (χ2v) is 15.5. The van der Waals surface area contributed by atoms with Gasteiger partial charge in [0.25, 0.3) is 0 Å². The van der Waals surface area contributed by atoms with Crippen molar-refractivity contribution in [1.82, 2.24) is 0 Å². The Labute approximate surface area is 201 Å². The molecule has 1 aliphatic heterocycles. The van der Waals surface area contributed by atoms with Crippen LogP contribution in [-0.2, 0) is 4.74 Å². The molecule has 1 spiro atoms. The van der Waals surface area contributed by atoms with E-state index in [0.717, 1.165) is 45.1 Å². The highest BCUT2D eigenvalue weighted by molar-refractivity contribution is 5.35. The monoisotopic (exact) mass is 456 g/mol. The lowest BCUT2D eigenvalue weighted by Crippen LogP contribution is -2.72. The summed E-state index contributed by atoms with van der Waals surface area (Å²) in [6.07, 6.45) is 13.3. The van der Waals surface area contributed by atoms with Crippen molar-refractivity contribution in [2.75, 3.05) is 6.61 Å². The van der Waals surface area contributed by atoms with Crippen molar-refractivity contribution in [2.24, 2.45) is 50.2 Å². The summed E-state index contributed by atoms with van der Waals surface area (Å²) in [5, 5.41) is 22.7. The van der Waals surface area contributed by atoms with E-state index in [9.17, 15) is 10.2 Å². The van der Waals surface area contributed by atoms with Gasteiger partial charge < -0.3 is 14.9 Å². The molecule has 0 aromatic carbocycles. The van der Waals surface area contributed by atoms with Crippen molar-refractivity contribution in [3.05, 3.63) is 12.2 Å².